The van der Waals surface area contributed by atoms with Crippen LogP contribution >= 0.6 is 0 Å². The van der Waals surface area contributed by atoms with Crippen molar-refractivity contribution in [3.05, 3.63) is 101 Å². The van der Waals surface area contributed by atoms with Crippen molar-refractivity contribution in [2.24, 2.45) is 5.92 Å². The molecule has 0 bridgehead atoms. The van der Waals surface area contributed by atoms with Gasteiger partial charge in [0.15, 0.2) is 6.29 Å². The molecule has 3 aromatic rings. The van der Waals surface area contributed by atoms with Gasteiger partial charge in [0, 0.05) is 24.1 Å². The van der Waals surface area contributed by atoms with E-state index in [1.165, 1.54) is 4.90 Å². The van der Waals surface area contributed by atoms with Gasteiger partial charge in [-0.15, -0.1) is 0 Å². The number of fused-ring (bicyclic) bond motifs is 1. The van der Waals surface area contributed by atoms with Gasteiger partial charge in [-0.25, -0.2) is 4.90 Å². The van der Waals surface area contributed by atoms with E-state index in [0.29, 0.717) is 28.9 Å². The van der Waals surface area contributed by atoms with Crippen LogP contribution in [0, 0.1) is 5.92 Å². The van der Waals surface area contributed by atoms with Crippen LogP contribution in [-0.2, 0) is 16.1 Å². The van der Waals surface area contributed by atoms with E-state index in [1.807, 2.05) is 30.3 Å². The summed E-state index contributed by atoms with van der Waals surface area (Å²) in [6.45, 7) is 3.78. The van der Waals surface area contributed by atoms with Gasteiger partial charge in [-0.3, -0.25) is 14.5 Å². The molecule has 0 aliphatic carbocycles. The third-order valence-corrected chi connectivity index (χ3v) is 8.44. The molecule has 40 heavy (non-hydrogen) atoms. The first-order valence-corrected chi connectivity index (χ1v) is 13.9. The van der Waals surface area contributed by atoms with Gasteiger partial charge >= 0.3 is 0 Å². The maximum atomic E-state index is 13.1. The van der Waals surface area contributed by atoms with Crippen LogP contribution in [0.5, 0.6) is 0 Å². The molecule has 208 valence electrons. The molecule has 3 aromatic carbocycles. The fraction of sp³-hybridized carbons (Fsp3) is 0.375. The Labute approximate surface area is 233 Å². The number of carbonyl (C=O) groups excluding carboxylic acids is 2. The summed E-state index contributed by atoms with van der Waals surface area (Å²) in [6.07, 6.45) is 0.812. The molecular formula is C32H34N2O6. The van der Waals surface area contributed by atoms with Gasteiger partial charge in [0.2, 0.25) is 0 Å². The van der Waals surface area contributed by atoms with Crippen LogP contribution in [0.1, 0.15) is 69.6 Å². The molecule has 0 aromatic heterocycles. The average Bonchev–Trinajstić information content (AvgIpc) is 3.55. The number of carbonyl (C=O) groups is 2. The Morgan fingerprint density at radius 3 is 2.27 bits per heavy atom. The molecule has 0 saturated carbocycles. The second kappa shape index (κ2) is 11.2. The van der Waals surface area contributed by atoms with Crippen LogP contribution in [0.25, 0.3) is 0 Å². The van der Waals surface area contributed by atoms with Crippen LogP contribution in [0.4, 0.5) is 5.69 Å². The quantitative estimate of drug-likeness (QED) is 0.431. The molecule has 3 aliphatic heterocycles. The zero-order valence-electron chi connectivity index (χ0n) is 22.5. The van der Waals surface area contributed by atoms with E-state index in [4.69, 9.17) is 9.47 Å². The Kier molecular flexibility index (Phi) is 7.53. The van der Waals surface area contributed by atoms with Crippen LogP contribution in [-0.4, -0.2) is 58.8 Å². The highest BCUT2D eigenvalue weighted by Crippen LogP contribution is 2.43. The van der Waals surface area contributed by atoms with Gasteiger partial charge in [-0.1, -0.05) is 55.5 Å². The molecule has 5 atom stereocenters. The highest BCUT2D eigenvalue weighted by molar-refractivity contribution is 6.34. The zero-order chi connectivity index (χ0) is 27.8. The van der Waals surface area contributed by atoms with Crippen molar-refractivity contribution in [1.29, 1.82) is 0 Å². The first-order valence-electron chi connectivity index (χ1n) is 13.9. The molecule has 2 amide bonds. The Morgan fingerprint density at radius 1 is 0.875 bits per heavy atom. The maximum Gasteiger partial charge on any atom is 0.266 e. The first-order chi connectivity index (χ1) is 19.5. The third kappa shape index (κ3) is 4.87. The maximum absolute atomic E-state index is 13.1. The van der Waals surface area contributed by atoms with Crippen LogP contribution in [0.3, 0.4) is 0 Å². The predicted octanol–water partition coefficient (Wildman–Crippen LogP) is 4.23. The summed E-state index contributed by atoms with van der Waals surface area (Å²) >= 11 is 0. The SMILES string of the molecule is C[C@H]1[C@@H](CN2CCC[C@H]2CO)O[C@@H](c2cccc(N3C(=O)c4ccccc4C3=O)c2)O[C@H]1c1ccc(CO)cc1. The van der Waals surface area contributed by atoms with Gasteiger partial charge < -0.3 is 19.7 Å². The van der Waals surface area contributed by atoms with Crippen LogP contribution in [0.15, 0.2) is 72.8 Å². The van der Waals surface area contributed by atoms with Crippen molar-refractivity contribution >= 4 is 17.5 Å². The Balaban J connectivity index is 1.31. The number of nitrogens with zero attached hydrogens (tertiary/aromatic N) is 2. The van der Waals surface area contributed by atoms with Gasteiger partial charge in [-0.05, 0) is 54.8 Å². The molecule has 0 spiro atoms. The van der Waals surface area contributed by atoms with Crippen molar-refractivity contribution in [3.63, 3.8) is 0 Å². The molecule has 8 nitrogen and oxygen atoms in total. The Bertz CT molecular complexity index is 1360. The summed E-state index contributed by atoms with van der Waals surface area (Å²) in [5, 5.41) is 19.4. The smallest absolute Gasteiger partial charge is 0.266 e. The van der Waals surface area contributed by atoms with E-state index in [1.54, 1.807) is 42.5 Å². The van der Waals surface area contributed by atoms with Gasteiger partial charge in [0.25, 0.3) is 11.8 Å². The molecule has 0 radical (unpaired) electrons. The first kappa shape index (κ1) is 26.8. The summed E-state index contributed by atoms with van der Waals surface area (Å²) in [5.74, 6) is -0.683. The lowest BCUT2D eigenvalue weighted by Crippen LogP contribution is -2.46. The van der Waals surface area contributed by atoms with E-state index in [2.05, 4.69) is 11.8 Å². The molecule has 2 saturated heterocycles. The van der Waals surface area contributed by atoms with Crippen LogP contribution in [0.2, 0.25) is 0 Å². The second-order valence-electron chi connectivity index (χ2n) is 10.9. The lowest BCUT2D eigenvalue weighted by molar-refractivity contribution is -0.276. The highest BCUT2D eigenvalue weighted by Gasteiger charge is 2.41. The molecule has 3 aliphatic rings. The normalized spacial score (nSPS) is 26.9. The molecule has 2 fully saturated rings. The van der Waals surface area contributed by atoms with Gasteiger partial charge in [0.1, 0.15) is 0 Å². The summed E-state index contributed by atoms with van der Waals surface area (Å²) in [7, 11) is 0. The standard InChI is InChI=1S/C32H34N2O6/c1-20-28(17-33-15-5-8-25(33)19-36)39-32(40-29(20)22-13-11-21(18-35)12-14-22)23-6-4-7-24(16-23)34-30(37)26-9-2-3-10-27(26)31(34)38/h2-4,6-7,9-14,16,20,25,28-29,32,35-36H,5,8,15,17-19H2,1H3/t20-,25-,28+,29+,32+/m0/s1. The number of ether oxygens (including phenoxy) is 2. The summed E-state index contributed by atoms with van der Waals surface area (Å²) in [4.78, 5) is 29.8. The number of hydrogen-bond acceptors (Lipinski definition) is 7. The largest absolute Gasteiger partial charge is 0.395 e. The lowest BCUT2D eigenvalue weighted by atomic mass is 9.90. The van der Waals surface area contributed by atoms with Crippen molar-refractivity contribution in [3.8, 4) is 0 Å². The summed E-state index contributed by atoms with van der Waals surface area (Å²) < 4.78 is 13.2. The van der Waals surface area contributed by atoms with Crippen molar-refractivity contribution in [1.82, 2.24) is 4.90 Å². The van der Waals surface area contributed by atoms with Crippen LogP contribution < -0.4 is 4.90 Å². The molecular weight excluding hydrogens is 508 g/mol. The van der Waals surface area contributed by atoms with E-state index >= 15 is 0 Å². The number of benzene rings is 3. The number of amides is 2. The lowest BCUT2D eigenvalue weighted by Gasteiger charge is -2.43. The fourth-order valence-corrected chi connectivity index (χ4v) is 6.14. The minimum atomic E-state index is -0.728. The topological polar surface area (TPSA) is 99.5 Å². The number of anilines is 1. The monoisotopic (exact) mass is 542 g/mol. The number of likely N-dealkylation sites (tertiary alicyclic amines) is 1. The molecule has 8 heteroatoms. The van der Waals surface area contributed by atoms with E-state index in [0.717, 1.165) is 30.5 Å². The second-order valence-corrected chi connectivity index (χ2v) is 10.9. The van der Waals surface area contributed by atoms with Crippen molar-refractivity contribution < 1.29 is 29.3 Å². The van der Waals surface area contributed by atoms with Gasteiger partial charge in [-0.2, -0.15) is 0 Å². The van der Waals surface area contributed by atoms with E-state index in [-0.39, 0.29) is 49.2 Å². The molecule has 6 rings (SSSR count). The van der Waals surface area contributed by atoms with Crippen molar-refractivity contribution in [2.75, 3.05) is 24.6 Å². The average molecular weight is 543 g/mol. The van der Waals surface area contributed by atoms with Gasteiger partial charge in [0.05, 0.1) is 42.2 Å². The Morgan fingerprint density at radius 2 is 1.60 bits per heavy atom. The zero-order valence-corrected chi connectivity index (χ0v) is 22.5. The third-order valence-electron chi connectivity index (χ3n) is 8.44. The molecule has 3 heterocycles. The number of imide groups is 1. The minimum Gasteiger partial charge on any atom is -0.395 e. The van der Waals surface area contributed by atoms with E-state index < -0.39 is 6.29 Å². The summed E-state index contributed by atoms with van der Waals surface area (Å²) in [5.41, 5.74) is 3.78. The number of aliphatic hydroxyl groups excluding tert-OH is 2. The Hall–Kier alpha value is -3.40. The molecule has 2 N–H and O–H groups in total. The number of hydrogen-bond donors (Lipinski definition) is 2. The molecule has 0 unspecified atom stereocenters. The number of aliphatic hydroxyl groups is 2. The minimum absolute atomic E-state index is 0.00980. The fourth-order valence-electron chi connectivity index (χ4n) is 6.14. The van der Waals surface area contributed by atoms with Crippen molar-refractivity contribution in [2.45, 2.75) is 50.9 Å². The highest BCUT2D eigenvalue weighted by atomic mass is 16.7. The number of rotatable bonds is 7. The predicted molar refractivity (Wildman–Crippen MR) is 149 cm³/mol. The summed E-state index contributed by atoms with van der Waals surface area (Å²) in [6, 6.07) is 22.0. The van der Waals surface area contributed by atoms with E-state index in [9.17, 15) is 19.8 Å².